The molecule has 1 aliphatic carbocycles. The van der Waals surface area contributed by atoms with Crippen molar-refractivity contribution >= 4 is 27.6 Å². The fraction of sp³-hybridized carbons (Fsp3) is 0.375. The standard InChI is InChI=1S/C16H16F2N2O2S2/c17-13-4-3-10-8-11(9-12(10)15(13)18)20-6-5-19-16(20)24-23-7-1-2-14(21)22/h3-6,11H,1-2,7-9H2,(H,21,22). The molecule has 0 saturated carbocycles. The van der Waals surface area contributed by atoms with Crippen LogP contribution in [0.1, 0.15) is 30.0 Å². The second-order valence-electron chi connectivity index (χ2n) is 5.58. The molecular weight excluding hydrogens is 354 g/mol. The summed E-state index contributed by atoms with van der Waals surface area (Å²) in [5.41, 5.74) is 1.30. The van der Waals surface area contributed by atoms with Crippen molar-refractivity contribution in [1.82, 2.24) is 9.55 Å². The molecule has 1 heterocycles. The third-order valence-corrected chi connectivity index (χ3v) is 6.31. The third kappa shape index (κ3) is 3.75. The number of carboxylic acid groups (broad SMARTS) is 1. The Balaban J connectivity index is 1.62. The molecule has 0 fully saturated rings. The molecule has 2 aromatic rings. The molecule has 0 bridgehead atoms. The molecule has 128 valence electrons. The summed E-state index contributed by atoms with van der Waals surface area (Å²) >= 11 is 0. The Morgan fingerprint density at radius 2 is 2.21 bits per heavy atom. The van der Waals surface area contributed by atoms with Gasteiger partial charge in [0.25, 0.3) is 0 Å². The Morgan fingerprint density at radius 3 is 3.00 bits per heavy atom. The quantitative estimate of drug-likeness (QED) is 0.587. The Labute approximate surface area is 146 Å². The molecule has 1 unspecified atom stereocenters. The summed E-state index contributed by atoms with van der Waals surface area (Å²) in [4.78, 5) is 14.8. The number of hydrogen-bond acceptors (Lipinski definition) is 4. The monoisotopic (exact) mass is 370 g/mol. The highest BCUT2D eigenvalue weighted by molar-refractivity contribution is 8.76. The van der Waals surface area contributed by atoms with Gasteiger partial charge in [-0.3, -0.25) is 4.79 Å². The highest BCUT2D eigenvalue weighted by Crippen LogP contribution is 2.37. The summed E-state index contributed by atoms with van der Waals surface area (Å²) in [5, 5.41) is 9.42. The fourth-order valence-electron chi connectivity index (χ4n) is 2.82. The van der Waals surface area contributed by atoms with E-state index in [1.165, 1.54) is 16.9 Å². The molecule has 1 aromatic carbocycles. The normalized spacial score (nSPS) is 16.3. The van der Waals surface area contributed by atoms with E-state index in [0.29, 0.717) is 30.6 Å². The molecule has 0 aliphatic heterocycles. The van der Waals surface area contributed by atoms with Crippen LogP contribution in [-0.4, -0.2) is 26.4 Å². The number of imidazole rings is 1. The Hall–Kier alpha value is -1.54. The predicted octanol–water partition coefficient (Wildman–Crippen LogP) is 4.11. The first-order valence-electron chi connectivity index (χ1n) is 7.56. The van der Waals surface area contributed by atoms with Gasteiger partial charge in [0.15, 0.2) is 16.8 Å². The third-order valence-electron chi connectivity index (χ3n) is 3.97. The fourth-order valence-corrected chi connectivity index (χ4v) is 4.98. The lowest BCUT2D eigenvalue weighted by molar-refractivity contribution is -0.137. The SMILES string of the molecule is O=C(O)CCCSSc1nccn1C1Cc2ccc(F)c(F)c2C1. The molecule has 4 nitrogen and oxygen atoms in total. The zero-order valence-electron chi connectivity index (χ0n) is 12.7. The molecule has 1 atom stereocenters. The van der Waals surface area contributed by atoms with E-state index >= 15 is 0 Å². The lowest BCUT2D eigenvalue weighted by Gasteiger charge is -2.14. The zero-order valence-corrected chi connectivity index (χ0v) is 14.4. The maximum Gasteiger partial charge on any atom is 0.303 e. The zero-order chi connectivity index (χ0) is 17.1. The minimum atomic E-state index is -0.802. The highest BCUT2D eigenvalue weighted by atomic mass is 33.1. The van der Waals surface area contributed by atoms with Gasteiger partial charge in [-0.2, -0.15) is 0 Å². The van der Waals surface area contributed by atoms with Crippen molar-refractivity contribution in [2.75, 3.05) is 5.75 Å². The van der Waals surface area contributed by atoms with Crippen molar-refractivity contribution in [3.63, 3.8) is 0 Å². The second-order valence-corrected chi connectivity index (χ2v) is 7.96. The Morgan fingerprint density at radius 1 is 1.38 bits per heavy atom. The van der Waals surface area contributed by atoms with E-state index in [-0.39, 0.29) is 12.5 Å². The van der Waals surface area contributed by atoms with Crippen LogP contribution in [0.4, 0.5) is 8.78 Å². The van der Waals surface area contributed by atoms with Crippen LogP contribution in [0.5, 0.6) is 0 Å². The van der Waals surface area contributed by atoms with E-state index in [4.69, 9.17) is 5.11 Å². The molecular formula is C16H16F2N2O2S2. The summed E-state index contributed by atoms with van der Waals surface area (Å²) in [6, 6.07) is 2.86. The molecule has 8 heteroatoms. The molecule has 0 radical (unpaired) electrons. The Kier molecular flexibility index (Phi) is 5.45. The van der Waals surface area contributed by atoms with Gasteiger partial charge in [-0.15, -0.1) is 0 Å². The van der Waals surface area contributed by atoms with Gasteiger partial charge in [-0.25, -0.2) is 13.8 Å². The van der Waals surface area contributed by atoms with E-state index in [1.807, 2.05) is 10.8 Å². The lowest BCUT2D eigenvalue weighted by atomic mass is 10.1. The topological polar surface area (TPSA) is 55.1 Å². The number of halogens is 2. The average Bonchev–Trinajstić information content (AvgIpc) is 3.17. The lowest BCUT2D eigenvalue weighted by Crippen LogP contribution is -2.09. The number of benzene rings is 1. The number of rotatable bonds is 7. The van der Waals surface area contributed by atoms with Crippen LogP contribution in [0.2, 0.25) is 0 Å². The largest absolute Gasteiger partial charge is 0.481 e. The van der Waals surface area contributed by atoms with Crippen LogP contribution in [0, 0.1) is 11.6 Å². The van der Waals surface area contributed by atoms with E-state index in [9.17, 15) is 13.6 Å². The molecule has 1 N–H and O–H groups in total. The maximum absolute atomic E-state index is 13.9. The van der Waals surface area contributed by atoms with Gasteiger partial charge in [0.05, 0.1) is 0 Å². The number of aromatic nitrogens is 2. The van der Waals surface area contributed by atoms with E-state index < -0.39 is 17.6 Å². The molecule has 1 aliphatic rings. The number of hydrogen-bond donors (Lipinski definition) is 1. The summed E-state index contributed by atoms with van der Waals surface area (Å²) in [6.45, 7) is 0. The number of fused-ring (bicyclic) bond motifs is 1. The van der Waals surface area contributed by atoms with E-state index in [2.05, 4.69) is 4.98 Å². The van der Waals surface area contributed by atoms with Crippen molar-refractivity contribution < 1.29 is 18.7 Å². The number of carbonyl (C=O) groups is 1. The number of nitrogens with zero attached hydrogens (tertiary/aromatic N) is 2. The van der Waals surface area contributed by atoms with Crippen LogP contribution < -0.4 is 0 Å². The smallest absolute Gasteiger partial charge is 0.303 e. The molecule has 1 aromatic heterocycles. The summed E-state index contributed by atoms with van der Waals surface area (Å²) in [7, 11) is 3.04. The van der Waals surface area contributed by atoms with Crippen molar-refractivity contribution in [1.29, 1.82) is 0 Å². The van der Waals surface area contributed by atoms with Gasteiger partial charge in [-0.1, -0.05) is 16.9 Å². The van der Waals surface area contributed by atoms with Crippen molar-refractivity contribution in [3.05, 3.63) is 47.3 Å². The van der Waals surface area contributed by atoms with Crippen LogP contribution in [0.25, 0.3) is 0 Å². The molecule has 0 saturated heterocycles. The van der Waals surface area contributed by atoms with Crippen LogP contribution in [0.3, 0.4) is 0 Å². The van der Waals surface area contributed by atoms with Crippen LogP contribution >= 0.6 is 21.6 Å². The number of carboxylic acids is 1. The van der Waals surface area contributed by atoms with Gasteiger partial charge in [0, 0.05) is 30.6 Å². The van der Waals surface area contributed by atoms with Crippen LogP contribution in [0.15, 0.2) is 29.7 Å². The molecule has 24 heavy (non-hydrogen) atoms. The first-order chi connectivity index (χ1) is 11.6. The maximum atomic E-state index is 13.9. The summed E-state index contributed by atoms with van der Waals surface area (Å²) in [5.74, 6) is -1.62. The molecule has 3 rings (SSSR count). The van der Waals surface area contributed by atoms with Crippen LogP contribution in [-0.2, 0) is 17.6 Å². The van der Waals surface area contributed by atoms with Gasteiger partial charge < -0.3 is 9.67 Å². The minimum Gasteiger partial charge on any atom is -0.481 e. The summed E-state index contributed by atoms with van der Waals surface area (Å²) in [6.07, 6.45) is 5.41. The first-order valence-corrected chi connectivity index (χ1v) is 9.88. The first kappa shape index (κ1) is 17.3. The van der Waals surface area contributed by atoms with E-state index in [1.54, 1.807) is 23.1 Å². The van der Waals surface area contributed by atoms with Crippen molar-refractivity contribution in [3.8, 4) is 0 Å². The van der Waals surface area contributed by atoms with Gasteiger partial charge in [-0.05, 0) is 47.2 Å². The van der Waals surface area contributed by atoms with Gasteiger partial charge in [0.1, 0.15) is 0 Å². The molecule has 0 spiro atoms. The van der Waals surface area contributed by atoms with E-state index in [0.717, 1.165) is 10.7 Å². The summed E-state index contributed by atoms with van der Waals surface area (Å²) < 4.78 is 29.3. The minimum absolute atomic E-state index is 0.0286. The van der Waals surface area contributed by atoms with Gasteiger partial charge in [0.2, 0.25) is 0 Å². The number of aliphatic carboxylic acids is 1. The predicted molar refractivity (Wildman–Crippen MR) is 90.2 cm³/mol. The Bertz CT molecular complexity index is 752. The molecule has 0 amide bonds. The second kappa shape index (κ2) is 7.57. The highest BCUT2D eigenvalue weighted by Gasteiger charge is 2.28. The average molecular weight is 370 g/mol. The van der Waals surface area contributed by atoms with Crippen molar-refractivity contribution in [2.45, 2.75) is 36.9 Å². The van der Waals surface area contributed by atoms with Gasteiger partial charge >= 0.3 is 5.97 Å². The van der Waals surface area contributed by atoms with Crippen molar-refractivity contribution in [2.24, 2.45) is 0 Å².